The molecule has 0 fully saturated rings. The van der Waals surface area contributed by atoms with Crippen LogP contribution in [-0.2, 0) is 0 Å². The smallest absolute Gasteiger partial charge is 0.122 e. The standard InChI is InChI=1S/C16H27NO3/c1-5-6-14(17)15(18)9-11(2)13-10-12(19-3)7-8-16(13)20-4/h7-8,10-11,14-15,18H,5-6,9,17H2,1-4H3. The molecule has 0 aliphatic rings. The summed E-state index contributed by atoms with van der Waals surface area (Å²) < 4.78 is 10.6. The summed E-state index contributed by atoms with van der Waals surface area (Å²) in [6.45, 7) is 4.14. The van der Waals surface area contributed by atoms with Gasteiger partial charge in [-0.05, 0) is 37.0 Å². The van der Waals surface area contributed by atoms with Gasteiger partial charge in [-0.2, -0.15) is 0 Å². The first kappa shape index (κ1) is 16.8. The fraction of sp³-hybridized carbons (Fsp3) is 0.625. The Morgan fingerprint density at radius 2 is 1.95 bits per heavy atom. The van der Waals surface area contributed by atoms with E-state index in [2.05, 4.69) is 13.8 Å². The number of aliphatic hydroxyl groups excluding tert-OH is 1. The monoisotopic (exact) mass is 281 g/mol. The lowest BCUT2D eigenvalue weighted by Crippen LogP contribution is -2.35. The second-order valence-electron chi connectivity index (χ2n) is 5.26. The first-order valence-electron chi connectivity index (χ1n) is 7.19. The van der Waals surface area contributed by atoms with Crippen LogP contribution in [0.15, 0.2) is 18.2 Å². The van der Waals surface area contributed by atoms with Crippen molar-refractivity contribution in [2.75, 3.05) is 14.2 Å². The van der Waals surface area contributed by atoms with E-state index in [1.165, 1.54) is 0 Å². The molecule has 1 aromatic rings. The van der Waals surface area contributed by atoms with Crippen LogP contribution >= 0.6 is 0 Å². The fourth-order valence-corrected chi connectivity index (χ4v) is 2.41. The predicted octanol–water partition coefficient (Wildman–Crippen LogP) is 2.69. The molecule has 3 unspecified atom stereocenters. The molecule has 4 nitrogen and oxygen atoms in total. The second-order valence-corrected chi connectivity index (χ2v) is 5.26. The highest BCUT2D eigenvalue weighted by atomic mass is 16.5. The Labute approximate surface area is 121 Å². The Kier molecular flexibility index (Phi) is 6.82. The summed E-state index contributed by atoms with van der Waals surface area (Å²) in [6, 6.07) is 5.55. The summed E-state index contributed by atoms with van der Waals surface area (Å²) in [5.41, 5.74) is 7.01. The molecule has 0 bridgehead atoms. The van der Waals surface area contributed by atoms with Gasteiger partial charge in [0, 0.05) is 11.6 Å². The number of hydrogen-bond acceptors (Lipinski definition) is 4. The fourth-order valence-electron chi connectivity index (χ4n) is 2.41. The van der Waals surface area contributed by atoms with Crippen LogP contribution in [0.25, 0.3) is 0 Å². The van der Waals surface area contributed by atoms with Crippen LogP contribution in [0.5, 0.6) is 11.5 Å². The molecule has 4 heteroatoms. The maximum absolute atomic E-state index is 10.2. The quantitative estimate of drug-likeness (QED) is 0.769. The van der Waals surface area contributed by atoms with Crippen LogP contribution in [-0.4, -0.2) is 31.5 Å². The molecular formula is C16H27NO3. The predicted molar refractivity (Wildman–Crippen MR) is 81.5 cm³/mol. The Morgan fingerprint density at radius 1 is 1.25 bits per heavy atom. The molecule has 0 amide bonds. The van der Waals surface area contributed by atoms with Crippen molar-refractivity contribution in [2.45, 2.75) is 51.2 Å². The zero-order valence-corrected chi connectivity index (χ0v) is 12.9. The number of benzene rings is 1. The van der Waals surface area contributed by atoms with Gasteiger partial charge in [0.15, 0.2) is 0 Å². The van der Waals surface area contributed by atoms with Crippen molar-refractivity contribution in [1.29, 1.82) is 0 Å². The van der Waals surface area contributed by atoms with Gasteiger partial charge >= 0.3 is 0 Å². The SMILES string of the molecule is CCCC(N)C(O)CC(C)c1cc(OC)ccc1OC. The number of ether oxygens (including phenoxy) is 2. The maximum Gasteiger partial charge on any atom is 0.122 e. The number of hydrogen-bond donors (Lipinski definition) is 2. The highest BCUT2D eigenvalue weighted by Gasteiger charge is 2.20. The van der Waals surface area contributed by atoms with Crippen molar-refractivity contribution < 1.29 is 14.6 Å². The van der Waals surface area contributed by atoms with E-state index in [-0.39, 0.29) is 12.0 Å². The maximum atomic E-state index is 10.2. The van der Waals surface area contributed by atoms with Crippen molar-refractivity contribution in [3.63, 3.8) is 0 Å². The Hall–Kier alpha value is -1.26. The summed E-state index contributed by atoms with van der Waals surface area (Å²) in [7, 11) is 3.29. The highest BCUT2D eigenvalue weighted by Crippen LogP contribution is 2.33. The van der Waals surface area contributed by atoms with Crippen LogP contribution in [0.4, 0.5) is 0 Å². The van der Waals surface area contributed by atoms with Crippen LogP contribution < -0.4 is 15.2 Å². The summed E-state index contributed by atoms with van der Waals surface area (Å²) in [6.07, 6.45) is 1.93. The molecular weight excluding hydrogens is 254 g/mol. The van der Waals surface area contributed by atoms with Gasteiger partial charge in [-0.25, -0.2) is 0 Å². The molecule has 0 aliphatic carbocycles. The van der Waals surface area contributed by atoms with Gasteiger partial charge in [0.25, 0.3) is 0 Å². The van der Waals surface area contributed by atoms with E-state index in [1.807, 2.05) is 18.2 Å². The molecule has 0 saturated heterocycles. The lowest BCUT2D eigenvalue weighted by molar-refractivity contribution is 0.123. The highest BCUT2D eigenvalue weighted by molar-refractivity contribution is 5.42. The average Bonchev–Trinajstić information content (AvgIpc) is 2.46. The molecule has 20 heavy (non-hydrogen) atoms. The normalized spacial score (nSPS) is 15.5. The third-order valence-electron chi connectivity index (χ3n) is 3.68. The molecule has 0 heterocycles. The van der Waals surface area contributed by atoms with Crippen LogP contribution in [0, 0.1) is 0 Å². The molecule has 0 aromatic heterocycles. The molecule has 0 spiro atoms. The Balaban J connectivity index is 2.82. The van der Waals surface area contributed by atoms with E-state index in [1.54, 1.807) is 14.2 Å². The minimum Gasteiger partial charge on any atom is -0.497 e. The van der Waals surface area contributed by atoms with Crippen molar-refractivity contribution in [2.24, 2.45) is 5.73 Å². The molecule has 3 N–H and O–H groups in total. The van der Waals surface area contributed by atoms with Gasteiger partial charge in [-0.15, -0.1) is 0 Å². The van der Waals surface area contributed by atoms with Gasteiger partial charge in [-0.1, -0.05) is 20.3 Å². The summed E-state index contributed by atoms with van der Waals surface area (Å²) in [5.74, 6) is 1.76. The first-order valence-corrected chi connectivity index (χ1v) is 7.19. The van der Waals surface area contributed by atoms with E-state index in [0.29, 0.717) is 6.42 Å². The lowest BCUT2D eigenvalue weighted by Gasteiger charge is -2.23. The molecule has 1 aromatic carbocycles. The third-order valence-corrected chi connectivity index (χ3v) is 3.68. The van der Waals surface area contributed by atoms with Gasteiger partial charge in [0.05, 0.1) is 20.3 Å². The van der Waals surface area contributed by atoms with Crippen molar-refractivity contribution in [3.05, 3.63) is 23.8 Å². The van der Waals surface area contributed by atoms with Crippen molar-refractivity contribution in [1.82, 2.24) is 0 Å². The Morgan fingerprint density at radius 3 is 2.50 bits per heavy atom. The minimum absolute atomic E-state index is 0.151. The van der Waals surface area contributed by atoms with E-state index in [0.717, 1.165) is 29.9 Å². The average molecular weight is 281 g/mol. The van der Waals surface area contributed by atoms with Crippen LogP contribution in [0.1, 0.15) is 44.6 Å². The minimum atomic E-state index is -0.499. The molecule has 0 saturated carbocycles. The third kappa shape index (κ3) is 4.39. The topological polar surface area (TPSA) is 64.7 Å². The van der Waals surface area contributed by atoms with E-state index in [9.17, 15) is 5.11 Å². The number of methoxy groups -OCH3 is 2. The van der Waals surface area contributed by atoms with Crippen molar-refractivity contribution >= 4 is 0 Å². The lowest BCUT2D eigenvalue weighted by atomic mass is 9.90. The zero-order chi connectivity index (χ0) is 15.1. The van der Waals surface area contributed by atoms with Gasteiger partial charge in [0.1, 0.15) is 11.5 Å². The van der Waals surface area contributed by atoms with Crippen molar-refractivity contribution in [3.8, 4) is 11.5 Å². The molecule has 0 radical (unpaired) electrons. The van der Waals surface area contributed by atoms with E-state index in [4.69, 9.17) is 15.2 Å². The number of rotatable bonds is 8. The second kappa shape index (κ2) is 8.12. The Bertz CT molecular complexity index is 409. The largest absolute Gasteiger partial charge is 0.497 e. The molecule has 1 rings (SSSR count). The van der Waals surface area contributed by atoms with Crippen LogP contribution in [0.2, 0.25) is 0 Å². The number of nitrogens with two attached hydrogens (primary N) is 1. The van der Waals surface area contributed by atoms with Crippen LogP contribution in [0.3, 0.4) is 0 Å². The van der Waals surface area contributed by atoms with Gasteiger partial charge in [0.2, 0.25) is 0 Å². The number of aliphatic hydroxyl groups is 1. The summed E-state index contributed by atoms with van der Waals surface area (Å²) in [4.78, 5) is 0. The summed E-state index contributed by atoms with van der Waals surface area (Å²) in [5, 5.41) is 10.2. The van der Waals surface area contributed by atoms with Gasteiger partial charge in [-0.3, -0.25) is 0 Å². The molecule has 0 aliphatic heterocycles. The summed E-state index contributed by atoms with van der Waals surface area (Å²) >= 11 is 0. The first-order chi connectivity index (χ1) is 9.53. The molecule has 114 valence electrons. The van der Waals surface area contributed by atoms with Gasteiger partial charge < -0.3 is 20.3 Å². The molecule has 3 atom stereocenters. The van der Waals surface area contributed by atoms with E-state index >= 15 is 0 Å². The zero-order valence-electron chi connectivity index (χ0n) is 12.9. The van der Waals surface area contributed by atoms with E-state index < -0.39 is 6.10 Å².